The van der Waals surface area contributed by atoms with Crippen molar-refractivity contribution >= 4 is 17.6 Å². The van der Waals surface area contributed by atoms with E-state index >= 15 is 0 Å². The van der Waals surface area contributed by atoms with Crippen LogP contribution in [0.5, 0.6) is 0 Å². The van der Waals surface area contributed by atoms with Crippen LogP contribution in [-0.2, 0) is 9.53 Å². The second kappa shape index (κ2) is 6.86. The van der Waals surface area contributed by atoms with E-state index in [-0.39, 0.29) is 0 Å². The van der Waals surface area contributed by atoms with Gasteiger partial charge in [-0.05, 0) is 18.2 Å². The number of rotatable bonds is 4. The first-order chi connectivity index (χ1) is 11.0. The lowest BCUT2D eigenvalue weighted by Crippen LogP contribution is -2.29. The highest BCUT2D eigenvalue weighted by atomic mass is 16.5. The molecule has 0 bridgehead atoms. The maximum absolute atomic E-state index is 11.7. The molecule has 0 saturated carbocycles. The second-order valence-corrected chi connectivity index (χ2v) is 4.30. The highest BCUT2D eigenvalue weighted by molar-refractivity contribution is 5.95. The lowest BCUT2D eigenvalue weighted by atomic mass is 10.2. The third kappa shape index (κ3) is 4.15. The zero-order valence-corrected chi connectivity index (χ0v) is 11.6. The molecule has 1 heterocycles. The minimum atomic E-state index is -1.05. The van der Waals surface area contributed by atoms with Crippen LogP contribution in [0.3, 0.4) is 0 Å². The summed E-state index contributed by atoms with van der Waals surface area (Å²) in [5, 5.41) is 11.2. The Morgan fingerprint density at radius 3 is 2.78 bits per heavy atom. The number of nitrogens with zero attached hydrogens (tertiary/aromatic N) is 1. The van der Waals surface area contributed by atoms with Crippen LogP contribution in [0.15, 0.2) is 40.1 Å². The number of esters is 1. The molecule has 3 N–H and O–H groups in total. The number of carbonyl (C=O) groups is 2. The Morgan fingerprint density at radius 2 is 2.09 bits per heavy atom. The van der Waals surface area contributed by atoms with Crippen LogP contribution in [0.4, 0.5) is 5.69 Å². The number of anilines is 1. The van der Waals surface area contributed by atoms with Crippen LogP contribution >= 0.6 is 0 Å². The summed E-state index contributed by atoms with van der Waals surface area (Å²) in [6.45, 7) is -0.631. The second-order valence-electron chi connectivity index (χ2n) is 4.30. The van der Waals surface area contributed by atoms with Crippen molar-refractivity contribution < 1.29 is 14.3 Å². The molecule has 116 valence electrons. The van der Waals surface area contributed by atoms with Gasteiger partial charge in [0.05, 0.1) is 11.6 Å². The van der Waals surface area contributed by atoms with Crippen molar-refractivity contribution in [1.82, 2.24) is 9.97 Å². The largest absolute Gasteiger partial charge is 0.452 e. The molecular formula is C14H10N4O5. The Morgan fingerprint density at radius 1 is 1.30 bits per heavy atom. The summed E-state index contributed by atoms with van der Waals surface area (Å²) in [5.74, 6) is -1.70. The SMILES string of the molecule is N#Cc1cccc(NC(=O)COC(=O)c2c[nH]c(=O)[nH]c2=O)c1. The fourth-order valence-corrected chi connectivity index (χ4v) is 1.63. The van der Waals surface area contributed by atoms with E-state index in [0.717, 1.165) is 6.20 Å². The Bertz CT molecular complexity index is 906. The van der Waals surface area contributed by atoms with E-state index in [1.54, 1.807) is 18.2 Å². The minimum Gasteiger partial charge on any atom is -0.452 e. The molecule has 0 atom stereocenters. The summed E-state index contributed by atoms with van der Waals surface area (Å²) in [4.78, 5) is 49.5. The fourth-order valence-electron chi connectivity index (χ4n) is 1.63. The first-order valence-electron chi connectivity index (χ1n) is 6.29. The molecule has 0 aliphatic rings. The number of H-pyrrole nitrogens is 2. The quantitative estimate of drug-likeness (QED) is 0.662. The average Bonchev–Trinajstić information content (AvgIpc) is 2.53. The summed E-state index contributed by atoms with van der Waals surface area (Å²) in [6, 6.07) is 8.08. The molecule has 23 heavy (non-hydrogen) atoms. The molecule has 1 aromatic carbocycles. The minimum absolute atomic E-state index is 0.361. The van der Waals surface area contributed by atoms with E-state index in [2.05, 4.69) is 15.0 Å². The van der Waals surface area contributed by atoms with Crippen molar-refractivity contribution in [2.75, 3.05) is 11.9 Å². The number of aromatic nitrogens is 2. The molecule has 1 aromatic heterocycles. The van der Waals surface area contributed by atoms with Crippen LogP contribution in [-0.4, -0.2) is 28.5 Å². The zero-order valence-electron chi connectivity index (χ0n) is 11.6. The van der Waals surface area contributed by atoms with Gasteiger partial charge in [0.2, 0.25) is 0 Å². The van der Waals surface area contributed by atoms with Crippen molar-refractivity contribution in [2.45, 2.75) is 0 Å². The van der Waals surface area contributed by atoms with Gasteiger partial charge < -0.3 is 15.0 Å². The monoisotopic (exact) mass is 314 g/mol. The number of aromatic amines is 2. The summed E-state index contributed by atoms with van der Waals surface area (Å²) >= 11 is 0. The fraction of sp³-hybridized carbons (Fsp3) is 0.0714. The molecule has 0 aliphatic heterocycles. The lowest BCUT2D eigenvalue weighted by molar-refractivity contribution is -0.119. The van der Waals surface area contributed by atoms with Gasteiger partial charge in [-0.1, -0.05) is 6.07 Å². The van der Waals surface area contributed by atoms with E-state index in [4.69, 9.17) is 5.26 Å². The van der Waals surface area contributed by atoms with Crippen LogP contribution < -0.4 is 16.6 Å². The number of hydrogen-bond acceptors (Lipinski definition) is 6. The third-order valence-electron chi connectivity index (χ3n) is 2.65. The molecule has 0 unspecified atom stereocenters. The first-order valence-corrected chi connectivity index (χ1v) is 6.29. The zero-order chi connectivity index (χ0) is 16.8. The topological polar surface area (TPSA) is 145 Å². The number of carbonyl (C=O) groups excluding carboxylic acids is 2. The van der Waals surface area contributed by atoms with Gasteiger partial charge in [-0.25, -0.2) is 9.59 Å². The van der Waals surface area contributed by atoms with Gasteiger partial charge in [0.1, 0.15) is 5.56 Å². The Balaban J connectivity index is 1.96. The predicted molar refractivity (Wildman–Crippen MR) is 77.8 cm³/mol. The van der Waals surface area contributed by atoms with Crippen LogP contribution in [0.2, 0.25) is 0 Å². The molecule has 2 rings (SSSR count). The standard InChI is InChI=1S/C14H10N4O5/c15-5-8-2-1-3-9(4-8)17-11(19)7-23-13(21)10-6-16-14(22)18-12(10)20/h1-4,6H,7H2,(H,17,19)(H2,16,18,20,22). The molecule has 1 amide bonds. The normalized spacial score (nSPS) is 9.70. The molecule has 0 radical (unpaired) electrons. The van der Waals surface area contributed by atoms with Crippen LogP contribution in [0.1, 0.15) is 15.9 Å². The van der Waals surface area contributed by atoms with Gasteiger partial charge in [0.15, 0.2) is 6.61 Å². The number of ether oxygens (including phenoxy) is 1. The van der Waals surface area contributed by atoms with Gasteiger partial charge in [-0.2, -0.15) is 5.26 Å². The smallest absolute Gasteiger partial charge is 0.345 e. The summed E-state index contributed by atoms with van der Waals surface area (Å²) in [7, 11) is 0. The summed E-state index contributed by atoms with van der Waals surface area (Å²) in [6.07, 6.45) is 0.901. The molecular weight excluding hydrogens is 304 g/mol. The van der Waals surface area contributed by atoms with Crippen molar-refractivity contribution in [3.8, 4) is 6.07 Å². The van der Waals surface area contributed by atoms with Crippen LogP contribution in [0, 0.1) is 11.3 Å². The van der Waals surface area contributed by atoms with Crippen molar-refractivity contribution in [3.63, 3.8) is 0 Å². The third-order valence-corrected chi connectivity index (χ3v) is 2.65. The summed E-state index contributed by atoms with van der Waals surface area (Å²) < 4.78 is 4.68. The van der Waals surface area contributed by atoms with Crippen molar-refractivity contribution in [2.24, 2.45) is 0 Å². The molecule has 0 spiro atoms. The Kier molecular flexibility index (Phi) is 4.69. The number of benzene rings is 1. The van der Waals surface area contributed by atoms with Gasteiger partial charge in [-0.3, -0.25) is 14.6 Å². The maximum Gasteiger partial charge on any atom is 0.345 e. The number of nitriles is 1. The predicted octanol–water partition coefficient (Wildman–Crippen LogP) is -0.270. The maximum atomic E-state index is 11.7. The number of amides is 1. The molecule has 9 heteroatoms. The van der Waals surface area contributed by atoms with Crippen molar-refractivity contribution in [1.29, 1.82) is 5.26 Å². The molecule has 0 saturated heterocycles. The Labute approximate surface area is 128 Å². The van der Waals surface area contributed by atoms with Gasteiger partial charge >= 0.3 is 11.7 Å². The highest BCUT2D eigenvalue weighted by Crippen LogP contribution is 2.09. The highest BCUT2D eigenvalue weighted by Gasteiger charge is 2.14. The van der Waals surface area contributed by atoms with E-state index in [1.165, 1.54) is 6.07 Å². The van der Waals surface area contributed by atoms with E-state index < -0.39 is 35.3 Å². The van der Waals surface area contributed by atoms with Gasteiger partial charge in [-0.15, -0.1) is 0 Å². The molecule has 9 nitrogen and oxygen atoms in total. The first kappa shape index (κ1) is 15.7. The van der Waals surface area contributed by atoms with E-state index in [9.17, 15) is 19.2 Å². The number of hydrogen-bond donors (Lipinski definition) is 3. The lowest BCUT2D eigenvalue weighted by Gasteiger charge is -2.06. The van der Waals surface area contributed by atoms with Crippen LogP contribution in [0.25, 0.3) is 0 Å². The van der Waals surface area contributed by atoms with E-state index in [1.807, 2.05) is 11.1 Å². The average molecular weight is 314 g/mol. The van der Waals surface area contributed by atoms with Gasteiger partial charge in [0, 0.05) is 11.9 Å². The Hall–Kier alpha value is -3.67. The summed E-state index contributed by atoms with van der Waals surface area (Å²) in [5.41, 5.74) is -1.38. The molecule has 0 aliphatic carbocycles. The molecule has 2 aromatic rings. The number of nitrogens with one attached hydrogen (secondary N) is 3. The molecule has 0 fully saturated rings. The van der Waals surface area contributed by atoms with Gasteiger partial charge in [0.25, 0.3) is 11.5 Å². The van der Waals surface area contributed by atoms with Crippen molar-refractivity contribution in [3.05, 3.63) is 62.4 Å². The van der Waals surface area contributed by atoms with E-state index in [0.29, 0.717) is 11.3 Å².